The van der Waals surface area contributed by atoms with Crippen LogP contribution >= 0.6 is 0 Å². The molecule has 0 bridgehead atoms. The van der Waals surface area contributed by atoms with Crippen LogP contribution in [0, 0.1) is 5.82 Å². The number of hydrogen-bond acceptors (Lipinski definition) is 5. The second kappa shape index (κ2) is 7.66. The van der Waals surface area contributed by atoms with Crippen LogP contribution in [0.15, 0.2) is 48.5 Å². The predicted molar refractivity (Wildman–Crippen MR) is 103 cm³/mol. The SMILES string of the molecule is CC1(c2ccccc2F)NC(=O)N(CC(=O)NCC2COc3ccccc3O2)C1=O. The molecule has 156 valence electrons. The molecule has 2 heterocycles. The first-order chi connectivity index (χ1) is 14.4. The number of ether oxygens (including phenoxy) is 2. The first kappa shape index (κ1) is 19.7. The minimum atomic E-state index is -1.58. The number of amides is 4. The summed E-state index contributed by atoms with van der Waals surface area (Å²) in [5.41, 5.74) is -1.54. The molecule has 0 radical (unpaired) electrons. The lowest BCUT2D eigenvalue weighted by Gasteiger charge is -2.26. The Balaban J connectivity index is 1.36. The first-order valence-corrected chi connectivity index (χ1v) is 9.43. The molecular weight excluding hydrogens is 393 g/mol. The fourth-order valence-corrected chi connectivity index (χ4v) is 3.48. The molecular formula is C21H20FN3O5. The van der Waals surface area contributed by atoms with Crippen LogP contribution in [0.3, 0.4) is 0 Å². The molecule has 2 N–H and O–H groups in total. The van der Waals surface area contributed by atoms with Crippen LogP contribution in [0.1, 0.15) is 12.5 Å². The number of imide groups is 1. The largest absolute Gasteiger partial charge is 0.486 e. The van der Waals surface area contributed by atoms with Gasteiger partial charge in [0.05, 0.1) is 6.54 Å². The number of carbonyl (C=O) groups is 3. The molecule has 0 aromatic heterocycles. The lowest BCUT2D eigenvalue weighted by Crippen LogP contribution is -2.46. The Hall–Kier alpha value is -3.62. The molecule has 0 saturated carbocycles. The van der Waals surface area contributed by atoms with Crippen LogP contribution in [-0.2, 0) is 15.1 Å². The van der Waals surface area contributed by atoms with Crippen molar-refractivity contribution in [2.45, 2.75) is 18.6 Å². The summed E-state index contributed by atoms with van der Waals surface area (Å²) in [4.78, 5) is 38.2. The van der Waals surface area contributed by atoms with Crippen LogP contribution in [0.25, 0.3) is 0 Å². The minimum Gasteiger partial charge on any atom is -0.486 e. The molecule has 2 atom stereocenters. The monoisotopic (exact) mass is 413 g/mol. The van der Waals surface area contributed by atoms with Crippen molar-refractivity contribution in [1.82, 2.24) is 15.5 Å². The van der Waals surface area contributed by atoms with Crippen molar-refractivity contribution in [1.29, 1.82) is 0 Å². The highest BCUT2D eigenvalue weighted by Crippen LogP contribution is 2.31. The van der Waals surface area contributed by atoms with Gasteiger partial charge in [-0.25, -0.2) is 9.18 Å². The number of nitrogens with one attached hydrogen (secondary N) is 2. The van der Waals surface area contributed by atoms with E-state index >= 15 is 0 Å². The second-order valence-corrected chi connectivity index (χ2v) is 7.23. The maximum absolute atomic E-state index is 14.2. The number of para-hydroxylation sites is 2. The van der Waals surface area contributed by atoms with Crippen molar-refractivity contribution in [3.63, 3.8) is 0 Å². The van der Waals surface area contributed by atoms with Gasteiger partial charge in [0, 0.05) is 5.56 Å². The van der Waals surface area contributed by atoms with E-state index in [1.165, 1.54) is 25.1 Å². The third-order valence-electron chi connectivity index (χ3n) is 5.08. The van der Waals surface area contributed by atoms with E-state index < -0.39 is 41.9 Å². The average molecular weight is 413 g/mol. The van der Waals surface area contributed by atoms with Crippen LogP contribution in [0.4, 0.5) is 9.18 Å². The van der Waals surface area contributed by atoms with E-state index in [2.05, 4.69) is 10.6 Å². The number of fused-ring (bicyclic) bond motifs is 1. The second-order valence-electron chi connectivity index (χ2n) is 7.23. The maximum atomic E-state index is 14.2. The van der Waals surface area contributed by atoms with E-state index in [0.29, 0.717) is 11.5 Å². The first-order valence-electron chi connectivity index (χ1n) is 9.43. The smallest absolute Gasteiger partial charge is 0.325 e. The molecule has 2 aliphatic rings. The molecule has 0 spiro atoms. The number of carbonyl (C=O) groups excluding carboxylic acids is 3. The summed E-state index contributed by atoms with van der Waals surface area (Å²) in [6, 6.07) is 12.1. The Morgan fingerprint density at radius 2 is 1.90 bits per heavy atom. The molecule has 2 aliphatic heterocycles. The Labute approximate surface area is 171 Å². The van der Waals surface area contributed by atoms with Gasteiger partial charge >= 0.3 is 6.03 Å². The van der Waals surface area contributed by atoms with E-state index in [1.807, 2.05) is 12.1 Å². The zero-order valence-electron chi connectivity index (χ0n) is 16.2. The highest BCUT2D eigenvalue weighted by atomic mass is 19.1. The van der Waals surface area contributed by atoms with Gasteiger partial charge in [0.15, 0.2) is 11.5 Å². The molecule has 2 aromatic rings. The van der Waals surface area contributed by atoms with Crippen molar-refractivity contribution in [3.05, 3.63) is 59.9 Å². The Bertz CT molecular complexity index is 1010. The van der Waals surface area contributed by atoms with Crippen molar-refractivity contribution >= 4 is 17.8 Å². The third kappa shape index (κ3) is 3.54. The fourth-order valence-electron chi connectivity index (χ4n) is 3.48. The van der Waals surface area contributed by atoms with Gasteiger partial charge in [-0.2, -0.15) is 0 Å². The molecule has 8 nitrogen and oxygen atoms in total. The molecule has 4 amide bonds. The molecule has 1 saturated heterocycles. The lowest BCUT2D eigenvalue weighted by molar-refractivity contribution is -0.135. The van der Waals surface area contributed by atoms with Crippen LogP contribution in [0.2, 0.25) is 0 Å². The molecule has 1 fully saturated rings. The molecule has 30 heavy (non-hydrogen) atoms. The Morgan fingerprint density at radius 3 is 2.67 bits per heavy atom. The van der Waals surface area contributed by atoms with Gasteiger partial charge in [0.1, 0.15) is 30.6 Å². The number of benzene rings is 2. The number of urea groups is 1. The summed E-state index contributed by atoms with van der Waals surface area (Å²) in [6.07, 6.45) is -0.407. The number of hydrogen-bond donors (Lipinski definition) is 2. The van der Waals surface area contributed by atoms with Crippen molar-refractivity contribution in [3.8, 4) is 11.5 Å². The van der Waals surface area contributed by atoms with Gasteiger partial charge in [0.2, 0.25) is 5.91 Å². The molecule has 0 aliphatic carbocycles. The standard InChI is InChI=1S/C21H20FN3O5/c1-21(14-6-2-3-7-15(14)22)19(27)25(20(28)24-21)11-18(26)23-10-13-12-29-16-8-4-5-9-17(16)30-13/h2-9,13H,10-12H2,1H3,(H,23,26)(H,24,28). The maximum Gasteiger partial charge on any atom is 0.325 e. The van der Waals surface area contributed by atoms with Gasteiger partial charge < -0.3 is 20.1 Å². The third-order valence-corrected chi connectivity index (χ3v) is 5.08. The summed E-state index contributed by atoms with van der Waals surface area (Å²) in [7, 11) is 0. The van der Waals surface area contributed by atoms with Crippen molar-refractivity contribution < 1.29 is 28.2 Å². The zero-order valence-corrected chi connectivity index (χ0v) is 16.2. The summed E-state index contributed by atoms with van der Waals surface area (Å²) in [5, 5.41) is 5.12. The lowest BCUT2D eigenvalue weighted by atomic mass is 9.91. The quantitative estimate of drug-likeness (QED) is 0.725. The summed E-state index contributed by atoms with van der Waals surface area (Å²) in [6.45, 7) is 1.32. The van der Waals surface area contributed by atoms with E-state index in [4.69, 9.17) is 9.47 Å². The number of rotatable bonds is 5. The van der Waals surface area contributed by atoms with Gasteiger partial charge in [0.25, 0.3) is 5.91 Å². The Kier molecular flexibility index (Phi) is 5.03. The van der Waals surface area contributed by atoms with Gasteiger partial charge in [-0.3, -0.25) is 14.5 Å². The summed E-state index contributed by atoms with van der Waals surface area (Å²) < 4.78 is 25.5. The normalized spacial score (nSPS) is 22.6. The van der Waals surface area contributed by atoms with E-state index in [1.54, 1.807) is 18.2 Å². The minimum absolute atomic E-state index is 0.0395. The number of halogens is 1. The van der Waals surface area contributed by atoms with Crippen LogP contribution < -0.4 is 20.1 Å². The summed E-state index contributed by atoms with van der Waals surface area (Å²) >= 11 is 0. The number of nitrogens with zero attached hydrogens (tertiary/aromatic N) is 1. The highest BCUT2D eigenvalue weighted by Gasteiger charge is 2.50. The van der Waals surface area contributed by atoms with Crippen molar-refractivity contribution in [2.24, 2.45) is 0 Å². The van der Waals surface area contributed by atoms with Gasteiger partial charge in [-0.1, -0.05) is 30.3 Å². The predicted octanol–water partition coefficient (Wildman–Crippen LogP) is 1.55. The molecule has 2 aromatic carbocycles. The van der Waals surface area contributed by atoms with Gasteiger partial charge in [-0.05, 0) is 25.1 Å². The molecule has 9 heteroatoms. The highest BCUT2D eigenvalue weighted by molar-refractivity contribution is 6.09. The topological polar surface area (TPSA) is 97.0 Å². The Morgan fingerprint density at radius 1 is 1.20 bits per heavy atom. The van der Waals surface area contributed by atoms with Crippen LogP contribution in [-0.4, -0.2) is 48.5 Å². The van der Waals surface area contributed by atoms with Crippen molar-refractivity contribution in [2.75, 3.05) is 19.7 Å². The summed E-state index contributed by atoms with van der Waals surface area (Å²) in [5.74, 6) is -0.642. The van der Waals surface area contributed by atoms with Crippen LogP contribution in [0.5, 0.6) is 11.5 Å². The average Bonchev–Trinajstić information content (AvgIpc) is 2.96. The molecule has 2 unspecified atom stereocenters. The van der Waals surface area contributed by atoms with E-state index in [0.717, 1.165) is 4.90 Å². The fraction of sp³-hybridized carbons (Fsp3) is 0.286. The van der Waals surface area contributed by atoms with E-state index in [9.17, 15) is 18.8 Å². The van der Waals surface area contributed by atoms with Gasteiger partial charge in [-0.15, -0.1) is 0 Å². The molecule has 4 rings (SSSR count). The van der Waals surface area contributed by atoms with E-state index in [-0.39, 0.29) is 18.7 Å². The zero-order chi connectivity index (χ0) is 21.3.